The topological polar surface area (TPSA) is 60.3 Å². The summed E-state index contributed by atoms with van der Waals surface area (Å²) < 4.78 is 7.28. The van der Waals surface area contributed by atoms with Crippen LogP contribution in [0.1, 0.15) is 17.3 Å². The molecule has 5 nitrogen and oxygen atoms in total. The molecule has 0 aliphatic heterocycles. The van der Waals surface area contributed by atoms with Gasteiger partial charge in [0, 0.05) is 29.8 Å². The third-order valence-corrected chi connectivity index (χ3v) is 4.79. The molecular weight excluding hydrogens is 352 g/mol. The number of carbonyl (C=O) groups excluding carboxylic acids is 2. The molecule has 28 heavy (non-hydrogen) atoms. The van der Waals surface area contributed by atoms with E-state index in [1.54, 1.807) is 13.1 Å². The molecule has 0 spiro atoms. The number of fused-ring (bicyclic) bond motifs is 2. The molecule has 0 unspecified atom stereocenters. The third kappa shape index (κ3) is 3.34. The molecule has 4 aromatic rings. The lowest BCUT2D eigenvalue weighted by Crippen LogP contribution is -2.29. The Hall–Kier alpha value is -3.60. The van der Waals surface area contributed by atoms with Gasteiger partial charge in [-0.15, -0.1) is 0 Å². The fourth-order valence-electron chi connectivity index (χ4n) is 3.29. The van der Waals surface area contributed by atoms with E-state index in [0.29, 0.717) is 11.3 Å². The first-order valence-electron chi connectivity index (χ1n) is 9.07. The summed E-state index contributed by atoms with van der Waals surface area (Å²) in [5.41, 5.74) is 2.04. The molecule has 140 valence electrons. The van der Waals surface area contributed by atoms with Crippen molar-refractivity contribution in [3.05, 3.63) is 78.5 Å². The number of anilines is 1. The summed E-state index contributed by atoms with van der Waals surface area (Å²) in [5, 5.41) is 5.74. The summed E-state index contributed by atoms with van der Waals surface area (Å²) in [6, 6.07) is 21.2. The molecule has 0 aliphatic rings. The van der Waals surface area contributed by atoms with Crippen molar-refractivity contribution in [2.24, 2.45) is 7.05 Å². The lowest BCUT2D eigenvalue weighted by molar-refractivity contribution is -0.123. The Balaban J connectivity index is 1.48. The van der Waals surface area contributed by atoms with E-state index in [1.165, 1.54) is 0 Å². The first kappa shape index (κ1) is 17.8. The van der Waals surface area contributed by atoms with Crippen molar-refractivity contribution in [1.82, 2.24) is 4.57 Å². The zero-order valence-electron chi connectivity index (χ0n) is 15.7. The maximum atomic E-state index is 12.6. The summed E-state index contributed by atoms with van der Waals surface area (Å²) in [7, 11) is 1.87. The second kappa shape index (κ2) is 7.19. The van der Waals surface area contributed by atoms with Gasteiger partial charge in [0.05, 0.1) is 5.56 Å². The zero-order chi connectivity index (χ0) is 19.7. The molecule has 0 fully saturated rings. The van der Waals surface area contributed by atoms with Gasteiger partial charge in [-0.05, 0) is 35.9 Å². The van der Waals surface area contributed by atoms with Gasteiger partial charge in [0.1, 0.15) is 0 Å². The van der Waals surface area contributed by atoms with Gasteiger partial charge in [-0.3, -0.25) is 4.79 Å². The highest BCUT2D eigenvalue weighted by atomic mass is 16.5. The van der Waals surface area contributed by atoms with E-state index in [-0.39, 0.29) is 5.91 Å². The molecule has 1 amide bonds. The standard InChI is InChI=1S/C23H20N2O3/c1-15(22(26)24-18-12-11-16-7-3-4-8-17(16)13-18)28-23(27)20-14-25(2)21-10-6-5-9-19(20)21/h3-15H,1-2H3,(H,24,26)/t15-/m0/s1. The number of amides is 1. The Morgan fingerprint density at radius 1 is 0.964 bits per heavy atom. The molecule has 4 rings (SSSR count). The Bertz CT molecular complexity index is 1190. The van der Waals surface area contributed by atoms with Crippen LogP contribution in [-0.4, -0.2) is 22.5 Å². The van der Waals surface area contributed by atoms with Gasteiger partial charge in [0.2, 0.25) is 0 Å². The Kier molecular flexibility index (Phi) is 4.57. The Morgan fingerprint density at radius 2 is 1.68 bits per heavy atom. The van der Waals surface area contributed by atoms with E-state index >= 15 is 0 Å². The molecule has 1 aromatic heterocycles. The predicted octanol–water partition coefficient (Wildman–Crippen LogP) is 4.52. The largest absolute Gasteiger partial charge is 0.449 e. The van der Waals surface area contributed by atoms with E-state index in [1.807, 2.05) is 78.3 Å². The van der Waals surface area contributed by atoms with Crippen molar-refractivity contribution in [2.45, 2.75) is 13.0 Å². The fourth-order valence-corrected chi connectivity index (χ4v) is 3.29. The van der Waals surface area contributed by atoms with Gasteiger partial charge in [-0.2, -0.15) is 0 Å². The molecule has 3 aromatic carbocycles. The van der Waals surface area contributed by atoms with E-state index < -0.39 is 12.1 Å². The number of aryl methyl sites for hydroxylation is 1. The Morgan fingerprint density at radius 3 is 2.50 bits per heavy atom. The number of rotatable bonds is 4. The summed E-state index contributed by atoms with van der Waals surface area (Å²) in [4.78, 5) is 25.1. The zero-order valence-corrected chi connectivity index (χ0v) is 15.7. The molecule has 0 bridgehead atoms. The van der Waals surface area contributed by atoms with Crippen LogP contribution in [-0.2, 0) is 16.6 Å². The Labute approximate surface area is 162 Å². The van der Waals surface area contributed by atoms with Gasteiger partial charge in [0.15, 0.2) is 6.10 Å². The van der Waals surface area contributed by atoms with Crippen molar-refractivity contribution in [3.63, 3.8) is 0 Å². The quantitative estimate of drug-likeness (QED) is 0.536. The number of hydrogen-bond donors (Lipinski definition) is 1. The van der Waals surface area contributed by atoms with Gasteiger partial charge < -0.3 is 14.6 Å². The lowest BCUT2D eigenvalue weighted by atomic mass is 10.1. The smallest absolute Gasteiger partial charge is 0.341 e. The van der Waals surface area contributed by atoms with E-state index in [4.69, 9.17) is 4.74 Å². The lowest BCUT2D eigenvalue weighted by Gasteiger charge is -2.13. The SMILES string of the molecule is C[C@H](OC(=O)c1cn(C)c2ccccc12)C(=O)Nc1ccc2ccccc2c1. The van der Waals surface area contributed by atoms with Crippen LogP contribution in [0.3, 0.4) is 0 Å². The minimum Gasteiger partial charge on any atom is -0.449 e. The number of aromatic nitrogens is 1. The van der Waals surface area contributed by atoms with Crippen LogP contribution >= 0.6 is 0 Å². The van der Waals surface area contributed by atoms with Gasteiger partial charge in [0.25, 0.3) is 5.91 Å². The van der Waals surface area contributed by atoms with E-state index in [2.05, 4.69) is 5.32 Å². The summed E-state index contributed by atoms with van der Waals surface area (Å²) in [6.45, 7) is 1.57. The number of nitrogens with one attached hydrogen (secondary N) is 1. The van der Waals surface area contributed by atoms with Gasteiger partial charge in [-0.1, -0.05) is 48.5 Å². The van der Waals surface area contributed by atoms with Crippen LogP contribution in [0, 0.1) is 0 Å². The highest BCUT2D eigenvalue weighted by Crippen LogP contribution is 2.22. The van der Waals surface area contributed by atoms with E-state index in [0.717, 1.165) is 21.7 Å². The van der Waals surface area contributed by atoms with Crippen molar-refractivity contribution in [1.29, 1.82) is 0 Å². The van der Waals surface area contributed by atoms with Crippen LogP contribution in [0.15, 0.2) is 72.9 Å². The first-order valence-corrected chi connectivity index (χ1v) is 9.07. The van der Waals surface area contributed by atoms with Crippen molar-refractivity contribution in [3.8, 4) is 0 Å². The molecule has 1 N–H and O–H groups in total. The molecule has 1 atom stereocenters. The van der Waals surface area contributed by atoms with Gasteiger partial charge >= 0.3 is 5.97 Å². The molecule has 0 radical (unpaired) electrons. The van der Waals surface area contributed by atoms with E-state index in [9.17, 15) is 9.59 Å². The van der Waals surface area contributed by atoms with Crippen molar-refractivity contribution < 1.29 is 14.3 Å². The number of benzene rings is 3. The maximum absolute atomic E-state index is 12.6. The van der Waals surface area contributed by atoms with Crippen LogP contribution in [0.2, 0.25) is 0 Å². The monoisotopic (exact) mass is 372 g/mol. The second-order valence-corrected chi connectivity index (χ2v) is 6.77. The van der Waals surface area contributed by atoms with Crippen LogP contribution in [0.5, 0.6) is 0 Å². The van der Waals surface area contributed by atoms with Gasteiger partial charge in [-0.25, -0.2) is 4.79 Å². The highest BCUT2D eigenvalue weighted by Gasteiger charge is 2.22. The molecule has 0 saturated carbocycles. The van der Waals surface area contributed by atoms with Crippen molar-refractivity contribution >= 4 is 39.2 Å². The summed E-state index contributed by atoms with van der Waals surface area (Å²) >= 11 is 0. The predicted molar refractivity (Wildman–Crippen MR) is 110 cm³/mol. The molecular formula is C23H20N2O3. The number of hydrogen-bond acceptors (Lipinski definition) is 3. The van der Waals surface area contributed by atoms with Crippen LogP contribution in [0.25, 0.3) is 21.7 Å². The number of nitrogens with zero attached hydrogens (tertiary/aromatic N) is 1. The number of esters is 1. The van der Waals surface area contributed by atoms with Crippen LogP contribution < -0.4 is 5.32 Å². The number of para-hydroxylation sites is 1. The summed E-state index contributed by atoms with van der Waals surface area (Å²) in [5.74, 6) is -0.887. The van der Waals surface area contributed by atoms with Crippen molar-refractivity contribution in [2.75, 3.05) is 5.32 Å². The molecule has 1 heterocycles. The number of carbonyl (C=O) groups is 2. The molecule has 0 aliphatic carbocycles. The molecule has 0 saturated heterocycles. The molecule has 5 heteroatoms. The summed E-state index contributed by atoms with van der Waals surface area (Å²) in [6.07, 6.45) is 0.805. The second-order valence-electron chi connectivity index (χ2n) is 6.77. The normalized spacial score (nSPS) is 12.1. The average molecular weight is 372 g/mol. The minimum atomic E-state index is -0.919. The highest BCUT2D eigenvalue weighted by molar-refractivity contribution is 6.05. The maximum Gasteiger partial charge on any atom is 0.341 e. The third-order valence-electron chi connectivity index (χ3n) is 4.79. The fraction of sp³-hybridized carbons (Fsp3) is 0.130. The van der Waals surface area contributed by atoms with Crippen LogP contribution in [0.4, 0.5) is 5.69 Å². The first-order chi connectivity index (χ1) is 13.5. The minimum absolute atomic E-state index is 0.371. The average Bonchev–Trinajstić information content (AvgIpc) is 3.05. The number of ether oxygens (including phenoxy) is 1.